The fraction of sp³-hybridized carbons (Fsp3) is 0.391. The molecule has 2 N–H and O–H groups in total. The van der Waals surface area contributed by atoms with Crippen molar-refractivity contribution in [3.63, 3.8) is 0 Å². The van der Waals surface area contributed by atoms with Crippen LogP contribution in [0.15, 0.2) is 48.5 Å². The normalized spacial score (nSPS) is 11.3. The van der Waals surface area contributed by atoms with Crippen LogP contribution >= 0.6 is 0 Å². The Balaban J connectivity index is 0. The number of nitro benzene ring substituents is 2. The summed E-state index contributed by atoms with van der Waals surface area (Å²) in [6.07, 6.45) is 2.37. The van der Waals surface area contributed by atoms with Gasteiger partial charge in [0.25, 0.3) is 11.4 Å². The first-order valence-corrected chi connectivity index (χ1v) is 10.5. The van der Waals surface area contributed by atoms with Crippen molar-refractivity contribution >= 4 is 23.3 Å². The molecule has 11 nitrogen and oxygen atoms in total. The van der Waals surface area contributed by atoms with Crippen molar-refractivity contribution in [1.29, 1.82) is 0 Å². The van der Waals surface area contributed by atoms with Crippen molar-refractivity contribution in [2.45, 2.75) is 51.4 Å². The summed E-state index contributed by atoms with van der Waals surface area (Å²) < 4.78 is 4.69. The van der Waals surface area contributed by atoms with Crippen LogP contribution in [0.4, 0.5) is 11.4 Å². The predicted octanol–water partition coefficient (Wildman–Crippen LogP) is 2.04. The molecular formula is C23H29KN2O9. The minimum absolute atomic E-state index is 0. The predicted molar refractivity (Wildman–Crippen MR) is 123 cm³/mol. The van der Waals surface area contributed by atoms with Crippen molar-refractivity contribution in [2.24, 2.45) is 0 Å². The van der Waals surface area contributed by atoms with Gasteiger partial charge in [0.2, 0.25) is 0 Å². The molecule has 0 saturated carbocycles. The summed E-state index contributed by atoms with van der Waals surface area (Å²) in [7, 11) is 1.29. The van der Waals surface area contributed by atoms with Crippen LogP contribution in [0, 0.1) is 20.2 Å². The number of rotatable bonds is 10. The minimum atomic E-state index is -1.02. The van der Waals surface area contributed by atoms with Gasteiger partial charge >= 0.3 is 63.3 Å². The number of para-hydroxylation sites is 2. The average molecular weight is 517 g/mol. The third-order valence-electron chi connectivity index (χ3n) is 4.96. The van der Waals surface area contributed by atoms with Crippen molar-refractivity contribution in [1.82, 2.24) is 0 Å². The Morgan fingerprint density at radius 2 is 1.23 bits per heavy atom. The van der Waals surface area contributed by atoms with E-state index in [9.17, 15) is 29.8 Å². The van der Waals surface area contributed by atoms with E-state index in [0.29, 0.717) is 24.8 Å². The molecule has 12 heteroatoms. The number of nitrogens with zero attached hydrogens (tertiary/aromatic N) is 2. The summed E-state index contributed by atoms with van der Waals surface area (Å²) in [4.78, 5) is 43.3. The van der Waals surface area contributed by atoms with Gasteiger partial charge in [-0.3, -0.25) is 29.8 Å². The fourth-order valence-corrected chi connectivity index (χ4v) is 3.43. The van der Waals surface area contributed by atoms with Crippen molar-refractivity contribution < 1.29 is 86.1 Å². The molecule has 0 aliphatic heterocycles. The maximum Gasteiger partial charge on any atom is 1.00 e. The Morgan fingerprint density at radius 1 is 0.857 bits per heavy atom. The van der Waals surface area contributed by atoms with Gasteiger partial charge in [0.15, 0.2) is 0 Å². The Labute approximate surface area is 245 Å². The summed E-state index contributed by atoms with van der Waals surface area (Å²) in [5.74, 6) is -2.81. The van der Waals surface area contributed by atoms with E-state index in [-0.39, 0.29) is 73.8 Å². The van der Waals surface area contributed by atoms with Gasteiger partial charge in [-0.05, 0) is 12.8 Å². The van der Waals surface area contributed by atoms with E-state index in [0.717, 1.165) is 6.42 Å². The zero-order valence-electron chi connectivity index (χ0n) is 20.2. The molecule has 2 rings (SSSR count). The molecule has 35 heavy (non-hydrogen) atoms. The van der Waals surface area contributed by atoms with Crippen molar-refractivity contribution in [3.05, 3.63) is 79.9 Å². The molecule has 0 spiro atoms. The number of esters is 1. The van der Waals surface area contributed by atoms with E-state index in [1.165, 1.54) is 31.4 Å². The molecule has 0 aliphatic carbocycles. The molecule has 2 aromatic rings. The largest absolute Gasteiger partial charge is 1.00 e. The Hall–Kier alpha value is -2.22. The summed E-state index contributed by atoms with van der Waals surface area (Å²) in [6, 6.07) is 12.3. The van der Waals surface area contributed by atoms with Gasteiger partial charge in [0, 0.05) is 23.3 Å². The van der Waals surface area contributed by atoms with Crippen LogP contribution in [0.2, 0.25) is 0 Å². The van der Waals surface area contributed by atoms with E-state index in [1.54, 1.807) is 24.3 Å². The maximum absolute atomic E-state index is 11.6. The van der Waals surface area contributed by atoms with E-state index in [1.807, 2.05) is 13.8 Å². The summed E-state index contributed by atoms with van der Waals surface area (Å²) in [6.45, 7) is 3.77. The van der Waals surface area contributed by atoms with Gasteiger partial charge in [-0.25, -0.2) is 0 Å². The van der Waals surface area contributed by atoms with Crippen LogP contribution in [-0.4, -0.2) is 39.5 Å². The van der Waals surface area contributed by atoms with Gasteiger partial charge in [-0.2, -0.15) is 0 Å². The number of aliphatic carboxylic acids is 1. The van der Waals surface area contributed by atoms with E-state index in [4.69, 9.17) is 9.84 Å². The molecule has 2 unspecified atom stereocenters. The fourth-order valence-electron chi connectivity index (χ4n) is 3.43. The van der Waals surface area contributed by atoms with Gasteiger partial charge in [-0.15, -0.1) is 0 Å². The van der Waals surface area contributed by atoms with Crippen LogP contribution in [-0.2, 0) is 14.3 Å². The smallest absolute Gasteiger partial charge is 0.870 e. The second-order valence-electron chi connectivity index (χ2n) is 7.18. The molecule has 0 aliphatic rings. The van der Waals surface area contributed by atoms with Crippen LogP contribution in [0.5, 0.6) is 0 Å². The van der Waals surface area contributed by atoms with Gasteiger partial charge in [-0.1, -0.05) is 63.1 Å². The van der Waals surface area contributed by atoms with E-state index >= 15 is 0 Å². The summed E-state index contributed by atoms with van der Waals surface area (Å²) >= 11 is 0. The number of hydrogen-bond donors (Lipinski definition) is 1. The zero-order chi connectivity index (χ0) is 25.0. The average Bonchev–Trinajstić information content (AvgIpc) is 2.80. The molecule has 0 amide bonds. The molecular weight excluding hydrogens is 487 g/mol. The first-order chi connectivity index (χ1) is 15.7. The summed E-state index contributed by atoms with van der Waals surface area (Å²) in [5.41, 5.74) is 0.549. The number of methoxy groups -OCH3 is 1. The Morgan fingerprint density at radius 3 is 1.57 bits per heavy atom. The standard InChI is InChI=1S/C12H15NO4.C11H13NO4.K.H2O/c1-3-6-10(12(14)17-2)9-7-4-5-8-11(9)13(15)16;1-2-5-9(11(13)14)8-6-3-4-7-10(8)12(15)16;;/h4-5,7-8,10H,3,6H2,1-2H3;3-4,6-7,9H,2,5H2,1H3,(H,13,14);;1H2/q;;+1;/p-1. The van der Waals surface area contributed by atoms with Crippen LogP contribution < -0.4 is 51.4 Å². The molecule has 0 radical (unpaired) electrons. The number of hydrogen-bond acceptors (Lipinski definition) is 8. The minimum Gasteiger partial charge on any atom is -0.870 e. The van der Waals surface area contributed by atoms with E-state index < -0.39 is 33.6 Å². The molecule has 0 heterocycles. The number of carbonyl (C=O) groups is 2. The zero-order valence-corrected chi connectivity index (χ0v) is 23.4. The topological polar surface area (TPSA) is 180 Å². The number of carboxylic acid groups (broad SMARTS) is 1. The van der Waals surface area contributed by atoms with Gasteiger partial charge in [0.1, 0.15) is 0 Å². The molecule has 0 aromatic heterocycles. The number of nitro groups is 2. The second kappa shape index (κ2) is 18.1. The number of benzene rings is 2. The van der Waals surface area contributed by atoms with Crippen LogP contribution in [0.1, 0.15) is 62.5 Å². The first-order valence-electron chi connectivity index (χ1n) is 10.5. The third-order valence-corrected chi connectivity index (χ3v) is 4.96. The number of carboxylic acids is 1. The van der Waals surface area contributed by atoms with Gasteiger partial charge in [0.05, 0.1) is 28.8 Å². The molecule has 2 atom stereocenters. The molecule has 0 bridgehead atoms. The second-order valence-corrected chi connectivity index (χ2v) is 7.18. The Bertz CT molecular complexity index is 985. The molecule has 186 valence electrons. The Kier molecular flexibility index (Phi) is 18.1. The maximum atomic E-state index is 11.6. The van der Waals surface area contributed by atoms with Crippen LogP contribution in [0.3, 0.4) is 0 Å². The SMILES string of the molecule is CCCC(C(=O)O)c1ccccc1[N+](=O)[O-].CCCC(C(=O)OC)c1ccccc1[N+](=O)[O-].[K+].[OH-]. The third kappa shape index (κ3) is 10.5. The number of ether oxygens (including phenoxy) is 1. The molecule has 0 saturated heterocycles. The monoisotopic (exact) mass is 516 g/mol. The van der Waals surface area contributed by atoms with Gasteiger partial charge < -0.3 is 15.3 Å². The summed E-state index contributed by atoms with van der Waals surface area (Å²) in [5, 5.41) is 30.7. The molecule has 0 fully saturated rings. The van der Waals surface area contributed by atoms with Crippen molar-refractivity contribution in [3.8, 4) is 0 Å². The number of carbonyl (C=O) groups excluding carboxylic acids is 1. The molecule has 2 aromatic carbocycles. The van der Waals surface area contributed by atoms with Crippen molar-refractivity contribution in [2.75, 3.05) is 7.11 Å². The first kappa shape index (κ1) is 34.9. The quantitative estimate of drug-likeness (QED) is 0.214. The van der Waals surface area contributed by atoms with E-state index in [2.05, 4.69) is 0 Å². The van der Waals surface area contributed by atoms with Crippen LogP contribution in [0.25, 0.3) is 0 Å².